The van der Waals surface area contributed by atoms with Crippen molar-refractivity contribution in [1.82, 2.24) is 4.98 Å². The number of hydrogen-bond donors (Lipinski definition) is 2. The van der Waals surface area contributed by atoms with Crippen molar-refractivity contribution < 1.29 is 0 Å². The highest BCUT2D eigenvalue weighted by molar-refractivity contribution is 5.09. The Hall–Kier alpha value is -0.760. The predicted molar refractivity (Wildman–Crippen MR) is 47.3 cm³/mol. The van der Waals surface area contributed by atoms with Gasteiger partial charge in [-0.25, -0.2) is 0 Å². The van der Waals surface area contributed by atoms with Crippen LogP contribution in [0, 0.1) is 5.92 Å². The molecule has 2 heteroatoms. The van der Waals surface area contributed by atoms with E-state index < -0.39 is 0 Å². The molecule has 0 radical (unpaired) electrons. The highest BCUT2D eigenvalue weighted by Gasteiger charge is 2.04. The lowest BCUT2D eigenvalue weighted by Gasteiger charge is -2.09. The van der Waals surface area contributed by atoms with E-state index in [-0.39, 0.29) is 0 Å². The lowest BCUT2D eigenvalue weighted by molar-refractivity contribution is 0.519. The molecule has 0 aliphatic rings. The van der Waals surface area contributed by atoms with Crippen molar-refractivity contribution in [3.63, 3.8) is 0 Å². The second-order valence-electron chi connectivity index (χ2n) is 2.93. The van der Waals surface area contributed by atoms with Gasteiger partial charge < -0.3 is 10.7 Å². The number of hydrogen-bond acceptors (Lipinski definition) is 1. The van der Waals surface area contributed by atoms with E-state index in [0.717, 1.165) is 13.0 Å². The summed E-state index contributed by atoms with van der Waals surface area (Å²) in [5.74, 6) is 0.644. The van der Waals surface area contributed by atoms with Gasteiger partial charge in [-0.3, -0.25) is 0 Å². The average Bonchev–Trinajstić information content (AvgIpc) is 2.52. The number of rotatable bonds is 4. The van der Waals surface area contributed by atoms with Crippen molar-refractivity contribution in [3.8, 4) is 0 Å². The molecule has 0 aliphatic carbocycles. The van der Waals surface area contributed by atoms with Crippen LogP contribution < -0.4 is 5.73 Å². The summed E-state index contributed by atoms with van der Waals surface area (Å²) < 4.78 is 0. The number of nitrogens with two attached hydrogens (primary N) is 1. The minimum atomic E-state index is 0.644. The molecule has 3 N–H and O–H groups in total. The van der Waals surface area contributed by atoms with Crippen molar-refractivity contribution in [1.29, 1.82) is 0 Å². The maximum absolute atomic E-state index is 5.59. The van der Waals surface area contributed by atoms with Crippen LogP contribution in [0.1, 0.15) is 18.9 Å². The molecule has 1 aromatic rings. The summed E-state index contributed by atoms with van der Waals surface area (Å²) in [6, 6.07) is 2.11. The Morgan fingerprint density at radius 2 is 2.45 bits per heavy atom. The van der Waals surface area contributed by atoms with Crippen LogP contribution in [0.25, 0.3) is 0 Å². The van der Waals surface area contributed by atoms with E-state index in [1.54, 1.807) is 0 Å². The molecule has 0 fully saturated rings. The minimum Gasteiger partial charge on any atom is -0.367 e. The van der Waals surface area contributed by atoms with Crippen LogP contribution >= 0.6 is 0 Å². The molecule has 0 saturated carbocycles. The molecule has 0 saturated heterocycles. The number of aromatic amines is 1. The number of H-pyrrole nitrogens is 1. The molecule has 0 aromatic carbocycles. The van der Waals surface area contributed by atoms with Gasteiger partial charge in [-0.05, 0) is 30.5 Å². The molecule has 0 bridgehead atoms. The van der Waals surface area contributed by atoms with Crippen LogP contribution in [0.15, 0.2) is 18.5 Å². The van der Waals surface area contributed by atoms with E-state index in [4.69, 9.17) is 5.73 Å². The Morgan fingerprint density at radius 3 is 2.91 bits per heavy atom. The molecule has 0 spiro atoms. The monoisotopic (exact) mass is 152 g/mol. The van der Waals surface area contributed by atoms with Crippen LogP contribution in [0.3, 0.4) is 0 Å². The first-order valence-electron chi connectivity index (χ1n) is 4.18. The van der Waals surface area contributed by atoms with Crippen molar-refractivity contribution in [3.05, 3.63) is 24.0 Å². The number of aromatic nitrogens is 1. The van der Waals surface area contributed by atoms with Gasteiger partial charge in [-0.2, -0.15) is 0 Å². The highest BCUT2D eigenvalue weighted by Crippen LogP contribution is 2.09. The first-order valence-corrected chi connectivity index (χ1v) is 4.18. The molecular weight excluding hydrogens is 136 g/mol. The third-order valence-electron chi connectivity index (χ3n) is 2.10. The van der Waals surface area contributed by atoms with Crippen LogP contribution in [0.5, 0.6) is 0 Å². The van der Waals surface area contributed by atoms with Crippen LogP contribution in [-0.2, 0) is 6.42 Å². The van der Waals surface area contributed by atoms with E-state index in [1.165, 1.54) is 12.0 Å². The average molecular weight is 152 g/mol. The van der Waals surface area contributed by atoms with Crippen molar-refractivity contribution in [2.75, 3.05) is 6.54 Å². The van der Waals surface area contributed by atoms with Crippen molar-refractivity contribution in [2.24, 2.45) is 11.7 Å². The Bertz CT molecular complexity index is 175. The molecule has 0 aliphatic heterocycles. The molecular formula is C9H16N2. The molecule has 1 aromatic heterocycles. The fourth-order valence-electron chi connectivity index (χ4n) is 1.21. The summed E-state index contributed by atoms with van der Waals surface area (Å²) in [6.07, 6.45) is 6.27. The summed E-state index contributed by atoms with van der Waals surface area (Å²) in [6.45, 7) is 2.98. The maximum Gasteiger partial charge on any atom is 0.00374 e. The van der Waals surface area contributed by atoms with Gasteiger partial charge in [0.05, 0.1) is 0 Å². The Morgan fingerprint density at radius 1 is 1.64 bits per heavy atom. The van der Waals surface area contributed by atoms with Crippen LogP contribution in [-0.4, -0.2) is 11.5 Å². The fraction of sp³-hybridized carbons (Fsp3) is 0.556. The zero-order valence-corrected chi connectivity index (χ0v) is 7.01. The third-order valence-corrected chi connectivity index (χ3v) is 2.10. The van der Waals surface area contributed by atoms with E-state index >= 15 is 0 Å². The fourth-order valence-corrected chi connectivity index (χ4v) is 1.21. The molecule has 1 unspecified atom stereocenters. The van der Waals surface area contributed by atoms with Gasteiger partial charge >= 0.3 is 0 Å². The lowest BCUT2D eigenvalue weighted by Crippen LogP contribution is -2.15. The Kier molecular flexibility index (Phi) is 3.17. The second-order valence-corrected chi connectivity index (χ2v) is 2.93. The molecule has 1 rings (SSSR count). The largest absolute Gasteiger partial charge is 0.367 e. The second kappa shape index (κ2) is 4.19. The molecule has 62 valence electrons. The summed E-state index contributed by atoms with van der Waals surface area (Å²) in [5.41, 5.74) is 6.95. The highest BCUT2D eigenvalue weighted by atomic mass is 14.6. The third kappa shape index (κ3) is 2.39. The van der Waals surface area contributed by atoms with Crippen molar-refractivity contribution >= 4 is 0 Å². The minimum absolute atomic E-state index is 0.644. The van der Waals surface area contributed by atoms with Gasteiger partial charge in [0.25, 0.3) is 0 Å². The lowest BCUT2D eigenvalue weighted by atomic mass is 9.99. The summed E-state index contributed by atoms with van der Waals surface area (Å²) in [5, 5.41) is 0. The standard InChI is InChI=1S/C9H16N2/c1-2-8(6-10)5-9-3-4-11-7-9/h3-4,7-8,11H,2,5-6,10H2,1H3. The van der Waals surface area contributed by atoms with E-state index in [2.05, 4.69) is 18.0 Å². The zero-order chi connectivity index (χ0) is 8.10. The van der Waals surface area contributed by atoms with Crippen LogP contribution in [0.4, 0.5) is 0 Å². The summed E-state index contributed by atoms with van der Waals surface area (Å²) in [7, 11) is 0. The first kappa shape index (κ1) is 8.34. The molecule has 11 heavy (non-hydrogen) atoms. The van der Waals surface area contributed by atoms with Gasteiger partial charge in [0.1, 0.15) is 0 Å². The molecule has 1 atom stereocenters. The molecule has 0 amide bonds. The predicted octanol–water partition coefficient (Wildman–Crippen LogP) is 1.54. The number of nitrogens with one attached hydrogen (secondary N) is 1. The summed E-state index contributed by atoms with van der Waals surface area (Å²) >= 11 is 0. The van der Waals surface area contributed by atoms with Gasteiger partial charge in [-0.1, -0.05) is 13.3 Å². The normalized spacial score (nSPS) is 13.3. The molecule has 1 heterocycles. The van der Waals surface area contributed by atoms with Gasteiger partial charge in [0.2, 0.25) is 0 Å². The quantitative estimate of drug-likeness (QED) is 0.675. The SMILES string of the molecule is CCC(CN)Cc1cc[nH]c1. The van der Waals surface area contributed by atoms with E-state index in [1.807, 2.05) is 12.4 Å². The smallest absolute Gasteiger partial charge is 0.00374 e. The summed E-state index contributed by atoms with van der Waals surface area (Å²) in [4.78, 5) is 3.04. The Balaban J connectivity index is 2.41. The maximum atomic E-state index is 5.59. The first-order chi connectivity index (χ1) is 5.36. The van der Waals surface area contributed by atoms with Crippen LogP contribution in [0.2, 0.25) is 0 Å². The van der Waals surface area contributed by atoms with E-state index in [9.17, 15) is 0 Å². The van der Waals surface area contributed by atoms with Crippen molar-refractivity contribution in [2.45, 2.75) is 19.8 Å². The van der Waals surface area contributed by atoms with Gasteiger partial charge in [0.15, 0.2) is 0 Å². The zero-order valence-electron chi connectivity index (χ0n) is 7.01. The Labute approximate surface area is 67.8 Å². The van der Waals surface area contributed by atoms with Gasteiger partial charge in [-0.15, -0.1) is 0 Å². The molecule has 2 nitrogen and oxygen atoms in total. The van der Waals surface area contributed by atoms with E-state index in [0.29, 0.717) is 5.92 Å². The van der Waals surface area contributed by atoms with Gasteiger partial charge in [0, 0.05) is 12.4 Å². The topological polar surface area (TPSA) is 41.8 Å².